The third-order valence-electron chi connectivity index (χ3n) is 3.92. The summed E-state index contributed by atoms with van der Waals surface area (Å²) in [4.78, 5) is 7.90. The lowest BCUT2D eigenvalue weighted by molar-refractivity contribution is 0.626. The number of pyridine rings is 1. The fraction of sp³-hybridized carbons (Fsp3) is 0.250. The van der Waals surface area contributed by atoms with Gasteiger partial charge in [-0.1, -0.05) is 12.1 Å². The number of rotatable bonds is 3. The van der Waals surface area contributed by atoms with Crippen molar-refractivity contribution >= 4 is 23.2 Å². The number of nitrogens with zero attached hydrogens (tertiary/aromatic N) is 2. The van der Waals surface area contributed by atoms with Crippen LogP contribution < -0.4 is 16.8 Å². The molecule has 0 amide bonds. The van der Waals surface area contributed by atoms with E-state index in [1.807, 2.05) is 12.1 Å². The van der Waals surface area contributed by atoms with Gasteiger partial charge in [-0.25, -0.2) is 9.37 Å². The second kappa shape index (κ2) is 5.63. The van der Waals surface area contributed by atoms with Gasteiger partial charge in [-0.2, -0.15) is 0 Å². The highest BCUT2D eigenvalue weighted by atomic mass is 19.1. The van der Waals surface area contributed by atoms with Crippen molar-refractivity contribution in [1.29, 1.82) is 0 Å². The van der Waals surface area contributed by atoms with Crippen LogP contribution in [0.2, 0.25) is 0 Å². The van der Waals surface area contributed by atoms with Crippen LogP contribution in [0, 0.1) is 5.82 Å². The zero-order chi connectivity index (χ0) is 15.7. The fourth-order valence-corrected chi connectivity index (χ4v) is 2.78. The molecule has 0 bridgehead atoms. The second-order valence-corrected chi connectivity index (χ2v) is 5.28. The number of nitrogen functional groups attached to an aromatic ring is 1. The SMILES string of the molecule is CN=C(N)c1cc(F)c(Nc2cccc3c2CCC3)nc1N. The van der Waals surface area contributed by atoms with Gasteiger partial charge in [0.15, 0.2) is 11.6 Å². The summed E-state index contributed by atoms with van der Waals surface area (Å²) in [6.45, 7) is 0. The Bertz CT molecular complexity index is 754. The predicted molar refractivity (Wildman–Crippen MR) is 87.0 cm³/mol. The standard InChI is InChI=1S/C16H18FN5/c1-20-14(18)11-8-12(17)16(22-15(11)19)21-13-7-3-5-9-4-2-6-10(9)13/h3,5,7-8H,2,4,6H2,1H3,(H2,18,20)(H3,19,21,22). The lowest BCUT2D eigenvalue weighted by atomic mass is 10.1. The monoisotopic (exact) mass is 299 g/mol. The molecule has 2 aromatic rings. The van der Waals surface area contributed by atoms with Crippen LogP contribution in [-0.2, 0) is 12.8 Å². The first-order valence-electron chi connectivity index (χ1n) is 7.16. The number of aromatic nitrogens is 1. The molecule has 5 N–H and O–H groups in total. The van der Waals surface area contributed by atoms with Gasteiger partial charge >= 0.3 is 0 Å². The Morgan fingerprint density at radius 3 is 2.95 bits per heavy atom. The Labute approximate surface area is 128 Å². The summed E-state index contributed by atoms with van der Waals surface area (Å²) in [6, 6.07) is 7.25. The number of benzene rings is 1. The molecule has 0 saturated carbocycles. The predicted octanol–water partition coefficient (Wildman–Crippen LogP) is 2.37. The Morgan fingerprint density at radius 2 is 2.18 bits per heavy atom. The van der Waals surface area contributed by atoms with Gasteiger partial charge in [0.1, 0.15) is 11.7 Å². The largest absolute Gasteiger partial charge is 0.383 e. The van der Waals surface area contributed by atoms with Crippen molar-refractivity contribution in [3.63, 3.8) is 0 Å². The molecule has 1 aliphatic rings. The first-order valence-corrected chi connectivity index (χ1v) is 7.16. The fourth-order valence-electron chi connectivity index (χ4n) is 2.78. The molecule has 0 radical (unpaired) electrons. The normalized spacial score (nSPS) is 14.0. The molecule has 0 spiro atoms. The third-order valence-corrected chi connectivity index (χ3v) is 3.92. The zero-order valence-corrected chi connectivity index (χ0v) is 12.4. The quantitative estimate of drug-likeness (QED) is 0.599. The van der Waals surface area contributed by atoms with E-state index in [2.05, 4.69) is 21.4 Å². The van der Waals surface area contributed by atoms with E-state index in [0.717, 1.165) is 24.9 Å². The molecule has 1 aromatic carbocycles. The highest BCUT2D eigenvalue weighted by Gasteiger charge is 2.17. The average molecular weight is 299 g/mol. The number of anilines is 3. The molecule has 1 aromatic heterocycles. The summed E-state index contributed by atoms with van der Waals surface area (Å²) >= 11 is 0. The van der Waals surface area contributed by atoms with Gasteiger partial charge in [-0.05, 0) is 42.5 Å². The van der Waals surface area contributed by atoms with Crippen LogP contribution in [0.5, 0.6) is 0 Å². The first-order chi connectivity index (χ1) is 10.6. The number of halogens is 1. The van der Waals surface area contributed by atoms with Gasteiger partial charge in [0.05, 0.1) is 5.56 Å². The van der Waals surface area contributed by atoms with Crippen molar-refractivity contribution in [1.82, 2.24) is 4.98 Å². The molecule has 1 aliphatic carbocycles. The molecule has 6 heteroatoms. The summed E-state index contributed by atoms with van der Waals surface area (Å²) in [7, 11) is 1.52. The van der Waals surface area contributed by atoms with E-state index in [9.17, 15) is 4.39 Å². The van der Waals surface area contributed by atoms with Crippen LogP contribution in [0.25, 0.3) is 0 Å². The van der Waals surface area contributed by atoms with Crippen molar-refractivity contribution in [2.24, 2.45) is 10.7 Å². The third kappa shape index (κ3) is 2.47. The minimum Gasteiger partial charge on any atom is -0.383 e. The summed E-state index contributed by atoms with van der Waals surface area (Å²) in [6.07, 6.45) is 3.17. The lowest BCUT2D eigenvalue weighted by Crippen LogP contribution is -2.17. The molecule has 0 aliphatic heterocycles. The smallest absolute Gasteiger partial charge is 0.169 e. The van der Waals surface area contributed by atoms with Gasteiger partial charge in [-0.3, -0.25) is 4.99 Å². The van der Waals surface area contributed by atoms with Gasteiger partial charge in [0, 0.05) is 12.7 Å². The van der Waals surface area contributed by atoms with Crippen LogP contribution in [-0.4, -0.2) is 17.9 Å². The highest BCUT2D eigenvalue weighted by molar-refractivity contribution is 6.01. The maximum atomic E-state index is 14.3. The van der Waals surface area contributed by atoms with E-state index in [0.29, 0.717) is 5.56 Å². The minimum atomic E-state index is -0.508. The van der Waals surface area contributed by atoms with Crippen molar-refractivity contribution < 1.29 is 4.39 Å². The van der Waals surface area contributed by atoms with Crippen LogP contribution in [0.4, 0.5) is 21.7 Å². The van der Waals surface area contributed by atoms with Gasteiger partial charge in [-0.15, -0.1) is 0 Å². The van der Waals surface area contributed by atoms with E-state index in [-0.39, 0.29) is 17.5 Å². The molecule has 0 fully saturated rings. The molecule has 114 valence electrons. The summed E-state index contributed by atoms with van der Waals surface area (Å²) in [5.74, 6) is -0.0903. The highest BCUT2D eigenvalue weighted by Crippen LogP contribution is 2.31. The number of aliphatic imine (C=N–C) groups is 1. The minimum absolute atomic E-state index is 0.102. The Hall–Kier alpha value is -2.63. The van der Waals surface area contributed by atoms with Crippen LogP contribution in [0.15, 0.2) is 29.3 Å². The maximum Gasteiger partial charge on any atom is 0.169 e. The Morgan fingerprint density at radius 1 is 1.36 bits per heavy atom. The average Bonchev–Trinajstić information content (AvgIpc) is 2.99. The van der Waals surface area contributed by atoms with Gasteiger partial charge < -0.3 is 16.8 Å². The second-order valence-electron chi connectivity index (χ2n) is 5.28. The van der Waals surface area contributed by atoms with Crippen molar-refractivity contribution in [3.8, 4) is 0 Å². The molecule has 0 saturated heterocycles. The lowest BCUT2D eigenvalue weighted by Gasteiger charge is -2.13. The van der Waals surface area contributed by atoms with E-state index >= 15 is 0 Å². The zero-order valence-electron chi connectivity index (χ0n) is 12.4. The topological polar surface area (TPSA) is 89.3 Å². The first kappa shape index (κ1) is 14.3. The molecule has 3 rings (SSSR count). The number of fused-ring (bicyclic) bond motifs is 1. The number of nitrogens with one attached hydrogen (secondary N) is 1. The van der Waals surface area contributed by atoms with E-state index < -0.39 is 5.82 Å². The molecule has 0 unspecified atom stereocenters. The van der Waals surface area contributed by atoms with Gasteiger partial charge in [0.25, 0.3) is 0 Å². The Kier molecular flexibility index (Phi) is 3.66. The van der Waals surface area contributed by atoms with Gasteiger partial charge in [0.2, 0.25) is 0 Å². The van der Waals surface area contributed by atoms with E-state index in [4.69, 9.17) is 11.5 Å². The number of amidine groups is 1. The van der Waals surface area contributed by atoms with Crippen LogP contribution >= 0.6 is 0 Å². The molecular formula is C16H18FN5. The number of hydrogen-bond acceptors (Lipinski definition) is 4. The maximum absolute atomic E-state index is 14.3. The number of nitrogens with two attached hydrogens (primary N) is 2. The molecule has 22 heavy (non-hydrogen) atoms. The molecule has 1 heterocycles. The molecular weight excluding hydrogens is 281 g/mol. The molecule has 5 nitrogen and oxygen atoms in total. The molecule has 0 atom stereocenters. The van der Waals surface area contributed by atoms with E-state index in [1.165, 1.54) is 24.2 Å². The van der Waals surface area contributed by atoms with Crippen LogP contribution in [0.3, 0.4) is 0 Å². The van der Waals surface area contributed by atoms with Crippen molar-refractivity contribution in [2.75, 3.05) is 18.1 Å². The van der Waals surface area contributed by atoms with Crippen LogP contribution in [0.1, 0.15) is 23.1 Å². The van der Waals surface area contributed by atoms with E-state index in [1.54, 1.807) is 0 Å². The number of hydrogen-bond donors (Lipinski definition) is 3. The van der Waals surface area contributed by atoms with Crippen molar-refractivity contribution in [2.45, 2.75) is 19.3 Å². The Balaban J connectivity index is 1.97. The van der Waals surface area contributed by atoms with Crippen molar-refractivity contribution in [3.05, 3.63) is 46.8 Å². The summed E-state index contributed by atoms with van der Waals surface area (Å²) in [5.41, 5.74) is 15.3. The summed E-state index contributed by atoms with van der Waals surface area (Å²) in [5, 5.41) is 3.05. The summed E-state index contributed by atoms with van der Waals surface area (Å²) < 4.78 is 14.3. The number of aryl methyl sites for hydroxylation is 1.